The molecule has 0 spiro atoms. The average molecular weight is 244 g/mol. The van der Waals surface area contributed by atoms with Crippen LogP contribution in [0.2, 0.25) is 10.0 Å². The summed E-state index contributed by atoms with van der Waals surface area (Å²) < 4.78 is 0. The first-order chi connectivity index (χ1) is 7.18. The second-order valence-corrected chi connectivity index (χ2v) is 5.14. The van der Waals surface area contributed by atoms with Crippen LogP contribution in [0.4, 0.5) is 0 Å². The van der Waals surface area contributed by atoms with Gasteiger partial charge in [-0.15, -0.1) is 0 Å². The highest BCUT2D eigenvalue weighted by Crippen LogP contribution is 2.48. The molecular weight excluding hydrogens is 229 g/mol. The van der Waals surface area contributed by atoms with Crippen molar-refractivity contribution < 1.29 is 0 Å². The van der Waals surface area contributed by atoms with Crippen LogP contribution in [0, 0.1) is 0 Å². The van der Waals surface area contributed by atoms with Crippen molar-refractivity contribution in [3.05, 3.63) is 33.8 Å². The molecule has 0 aliphatic heterocycles. The zero-order chi connectivity index (χ0) is 10.9. The van der Waals surface area contributed by atoms with Crippen molar-refractivity contribution in [3.8, 4) is 0 Å². The average Bonchev–Trinajstić information content (AvgIpc) is 2.12. The molecule has 2 rings (SSSR count). The van der Waals surface area contributed by atoms with E-state index in [0.29, 0.717) is 5.02 Å². The maximum atomic E-state index is 6.24. The molecule has 1 fully saturated rings. The largest absolute Gasteiger partial charge is 0.330 e. The number of hydrogen-bond donors (Lipinski definition) is 1. The monoisotopic (exact) mass is 243 g/mol. The Bertz CT molecular complexity index is 359. The highest BCUT2D eigenvalue weighted by molar-refractivity contribution is 6.35. The quantitative estimate of drug-likeness (QED) is 0.860. The summed E-state index contributed by atoms with van der Waals surface area (Å²) in [4.78, 5) is 0. The van der Waals surface area contributed by atoms with Crippen LogP contribution in [0.3, 0.4) is 0 Å². The standard InChI is InChI=1S/C12H15Cl2N/c13-9-2-3-10(11(14)8-9)12(6-7-15)4-1-5-12/h2-3,8H,1,4-7,15H2. The molecule has 0 aromatic heterocycles. The first-order valence-electron chi connectivity index (χ1n) is 5.33. The SMILES string of the molecule is NCCC1(c2ccc(Cl)cc2Cl)CCC1. The molecule has 1 saturated carbocycles. The van der Waals surface area contributed by atoms with Crippen molar-refractivity contribution in [3.63, 3.8) is 0 Å². The van der Waals surface area contributed by atoms with Crippen molar-refractivity contribution in [1.29, 1.82) is 0 Å². The zero-order valence-electron chi connectivity index (χ0n) is 8.60. The first kappa shape index (κ1) is 11.3. The maximum Gasteiger partial charge on any atom is 0.0458 e. The van der Waals surface area contributed by atoms with E-state index in [1.54, 1.807) is 0 Å². The topological polar surface area (TPSA) is 26.0 Å². The van der Waals surface area contributed by atoms with Gasteiger partial charge in [0.05, 0.1) is 0 Å². The molecule has 1 aliphatic rings. The van der Waals surface area contributed by atoms with Crippen LogP contribution >= 0.6 is 23.2 Å². The third-order valence-electron chi connectivity index (χ3n) is 3.44. The fourth-order valence-corrected chi connectivity index (χ4v) is 3.06. The molecule has 1 aliphatic carbocycles. The molecule has 0 atom stereocenters. The van der Waals surface area contributed by atoms with Gasteiger partial charge in [-0.2, -0.15) is 0 Å². The van der Waals surface area contributed by atoms with Gasteiger partial charge >= 0.3 is 0 Å². The fourth-order valence-electron chi connectivity index (χ4n) is 2.45. The molecule has 0 bridgehead atoms. The van der Waals surface area contributed by atoms with Crippen LogP contribution in [0.25, 0.3) is 0 Å². The van der Waals surface area contributed by atoms with Gasteiger partial charge in [-0.3, -0.25) is 0 Å². The Labute approximate surface area is 101 Å². The molecular formula is C12H15Cl2N. The summed E-state index contributed by atoms with van der Waals surface area (Å²) >= 11 is 12.1. The highest BCUT2D eigenvalue weighted by atomic mass is 35.5. The van der Waals surface area contributed by atoms with Gasteiger partial charge in [0.15, 0.2) is 0 Å². The van der Waals surface area contributed by atoms with Gasteiger partial charge < -0.3 is 5.73 Å². The smallest absolute Gasteiger partial charge is 0.0458 e. The summed E-state index contributed by atoms with van der Waals surface area (Å²) in [5.41, 5.74) is 7.13. The lowest BCUT2D eigenvalue weighted by Gasteiger charge is -2.43. The number of benzene rings is 1. The summed E-state index contributed by atoms with van der Waals surface area (Å²) in [6.07, 6.45) is 4.70. The van der Waals surface area contributed by atoms with E-state index in [4.69, 9.17) is 28.9 Å². The predicted molar refractivity (Wildman–Crippen MR) is 65.7 cm³/mol. The maximum absolute atomic E-state index is 6.24. The van der Waals surface area contributed by atoms with Gasteiger partial charge in [-0.1, -0.05) is 35.7 Å². The van der Waals surface area contributed by atoms with Crippen LogP contribution in [0.5, 0.6) is 0 Å². The minimum Gasteiger partial charge on any atom is -0.330 e. The molecule has 0 amide bonds. The van der Waals surface area contributed by atoms with E-state index in [1.165, 1.54) is 24.8 Å². The molecule has 2 N–H and O–H groups in total. The van der Waals surface area contributed by atoms with Crippen molar-refractivity contribution in [2.24, 2.45) is 5.73 Å². The van der Waals surface area contributed by atoms with Crippen molar-refractivity contribution in [2.75, 3.05) is 6.54 Å². The van der Waals surface area contributed by atoms with Crippen molar-refractivity contribution >= 4 is 23.2 Å². The van der Waals surface area contributed by atoms with Gasteiger partial charge in [0.25, 0.3) is 0 Å². The molecule has 1 nitrogen and oxygen atoms in total. The second-order valence-electron chi connectivity index (χ2n) is 4.30. The van der Waals surface area contributed by atoms with E-state index < -0.39 is 0 Å². The summed E-state index contributed by atoms with van der Waals surface area (Å²) in [5, 5.41) is 1.49. The summed E-state index contributed by atoms with van der Waals surface area (Å²) in [7, 11) is 0. The molecule has 15 heavy (non-hydrogen) atoms. The Morgan fingerprint density at radius 2 is 2.00 bits per heavy atom. The Hall–Kier alpha value is -0.240. The fraction of sp³-hybridized carbons (Fsp3) is 0.500. The molecule has 0 heterocycles. The number of rotatable bonds is 3. The molecule has 3 heteroatoms. The first-order valence-corrected chi connectivity index (χ1v) is 6.09. The van der Waals surface area contributed by atoms with E-state index >= 15 is 0 Å². The number of halogens is 2. The molecule has 1 aromatic carbocycles. The van der Waals surface area contributed by atoms with Crippen LogP contribution < -0.4 is 5.73 Å². The summed E-state index contributed by atoms with van der Waals surface area (Å²) in [6.45, 7) is 0.721. The molecule has 82 valence electrons. The zero-order valence-corrected chi connectivity index (χ0v) is 10.1. The van der Waals surface area contributed by atoms with Gasteiger partial charge in [0.1, 0.15) is 0 Å². The minimum absolute atomic E-state index is 0.233. The third-order valence-corrected chi connectivity index (χ3v) is 3.98. The second kappa shape index (κ2) is 4.32. The normalized spacial score (nSPS) is 18.6. The van der Waals surface area contributed by atoms with Gasteiger partial charge in [-0.05, 0) is 48.9 Å². The Morgan fingerprint density at radius 1 is 1.27 bits per heavy atom. The van der Waals surface area contributed by atoms with Crippen LogP contribution in [0.1, 0.15) is 31.2 Å². The van der Waals surface area contributed by atoms with Gasteiger partial charge in [0.2, 0.25) is 0 Å². The molecule has 0 saturated heterocycles. The van der Waals surface area contributed by atoms with Crippen molar-refractivity contribution in [1.82, 2.24) is 0 Å². The summed E-state index contributed by atoms with van der Waals surface area (Å²) in [5.74, 6) is 0. The molecule has 0 radical (unpaired) electrons. The van der Waals surface area contributed by atoms with E-state index in [0.717, 1.165) is 18.0 Å². The van der Waals surface area contributed by atoms with Crippen molar-refractivity contribution in [2.45, 2.75) is 31.1 Å². The van der Waals surface area contributed by atoms with E-state index in [1.807, 2.05) is 12.1 Å². The molecule has 0 unspecified atom stereocenters. The van der Waals surface area contributed by atoms with Crippen LogP contribution in [-0.2, 0) is 5.41 Å². The van der Waals surface area contributed by atoms with Gasteiger partial charge in [0, 0.05) is 10.0 Å². The highest BCUT2D eigenvalue weighted by Gasteiger charge is 2.39. The lowest BCUT2D eigenvalue weighted by molar-refractivity contribution is 0.229. The Balaban J connectivity index is 2.34. The van der Waals surface area contributed by atoms with Crippen LogP contribution in [-0.4, -0.2) is 6.54 Å². The minimum atomic E-state index is 0.233. The van der Waals surface area contributed by atoms with E-state index in [2.05, 4.69) is 6.07 Å². The van der Waals surface area contributed by atoms with E-state index in [9.17, 15) is 0 Å². The van der Waals surface area contributed by atoms with Crippen LogP contribution in [0.15, 0.2) is 18.2 Å². The van der Waals surface area contributed by atoms with Gasteiger partial charge in [-0.25, -0.2) is 0 Å². The lowest BCUT2D eigenvalue weighted by atomic mass is 9.62. The van der Waals surface area contributed by atoms with E-state index in [-0.39, 0.29) is 5.41 Å². The number of hydrogen-bond acceptors (Lipinski definition) is 1. The Kier molecular flexibility index (Phi) is 3.24. The lowest BCUT2D eigenvalue weighted by Crippen LogP contribution is -2.36. The Morgan fingerprint density at radius 3 is 2.47 bits per heavy atom. The predicted octanol–water partition coefficient (Wildman–Crippen LogP) is 3.76. The number of nitrogens with two attached hydrogens (primary N) is 1. The summed E-state index contributed by atoms with van der Waals surface area (Å²) in [6, 6.07) is 5.80. The third kappa shape index (κ3) is 2.01. The molecule has 1 aromatic rings.